The highest BCUT2D eigenvalue weighted by Crippen LogP contribution is 2.49. The molecule has 2 N–H and O–H groups in total. The number of nitrogens with zero attached hydrogens (tertiary/aromatic N) is 4. The zero-order chi connectivity index (χ0) is 30.1. The second-order valence-electron chi connectivity index (χ2n) is 10.6. The summed E-state index contributed by atoms with van der Waals surface area (Å²) in [5.74, 6) is -0.912. The maximum Gasteiger partial charge on any atom is 0.409 e. The number of amides is 3. The van der Waals surface area contributed by atoms with E-state index in [9.17, 15) is 24.3 Å². The molecule has 2 aromatic rings. The summed E-state index contributed by atoms with van der Waals surface area (Å²) in [6.45, 7) is 4.11. The van der Waals surface area contributed by atoms with Gasteiger partial charge in [-0.3, -0.25) is 14.4 Å². The van der Waals surface area contributed by atoms with Crippen LogP contribution in [0.25, 0.3) is 11.4 Å². The zero-order valence-corrected chi connectivity index (χ0v) is 24.2. The number of carbonyl (C=O) groups excluding carboxylic acids is 3. The number of hydrogen-bond donors (Lipinski definition) is 2. The first-order chi connectivity index (χ1) is 20.3. The Morgan fingerprint density at radius 3 is 2.55 bits per heavy atom. The van der Waals surface area contributed by atoms with Crippen molar-refractivity contribution in [3.63, 3.8) is 0 Å². The lowest BCUT2D eigenvalue weighted by atomic mass is 10.0. The molecule has 0 bridgehead atoms. The maximum atomic E-state index is 13.4. The minimum absolute atomic E-state index is 0.0758. The van der Waals surface area contributed by atoms with Gasteiger partial charge in [-0.05, 0) is 42.7 Å². The Hall–Kier alpha value is -4.06. The number of aliphatic carboxylic acids is 1. The number of nitrogens with one attached hydrogen (secondary N) is 1. The largest absolute Gasteiger partial charge is 0.481 e. The molecule has 226 valence electrons. The van der Waals surface area contributed by atoms with Crippen LogP contribution in [-0.4, -0.2) is 101 Å². The van der Waals surface area contributed by atoms with Crippen LogP contribution in [0.4, 0.5) is 4.79 Å². The third-order valence-electron chi connectivity index (χ3n) is 7.62. The average molecular weight is 582 g/mol. The van der Waals surface area contributed by atoms with Crippen molar-refractivity contribution in [2.45, 2.75) is 51.0 Å². The van der Waals surface area contributed by atoms with E-state index in [0.717, 1.165) is 30.4 Å². The molecule has 1 aliphatic carbocycles. The van der Waals surface area contributed by atoms with E-state index >= 15 is 0 Å². The van der Waals surface area contributed by atoms with Crippen molar-refractivity contribution in [2.75, 3.05) is 46.5 Å². The average Bonchev–Trinajstić information content (AvgIpc) is 3.78. The van der Waals surface area contributed by atoms with Gasteiger partial charge in [-0.2, -0.15) is 0 Å². The van der Waals surface area contributed by atoms with Gasteiger partial charge in [0.25, 0.3) is 5.91 Å². The molecule has 4 rings (SSSR count). The first-order valence-corrected chi connectivity index (χ1v) is 14.5. The van der Waals surface area contributed by atoms with Crippen LogP contribution in [0.1, 0.15) is 61.0 Å². The molecular formula is C30H39N5O7. The maximum absolute atomic E-state index is 13.4. The number of ether oxygens (including phenoxy) is 2. The minimum atomic E-state index is -1.07. The first kappa shape index (κ1) is 30.9. The van der Waals surface area contributed by atoms with Crippen molar-refractivity contribution in [3.8, 4) is 11.4 Å². The molecule has 1 saturated carbocycles. The van der Waals surface area contributed by atoms with Gasteiger partial charge in [-0.25, -0.2) is 14.8 Å². The Kier molecular flexibility index (Phi) is 10.8. The summed E-state index contributed by atoms with van der Waals surface area (Å²) in [5, 5.41) is 12.0. The Morgan fingerprint density at radius 1 is 1.10 bits per heavy atom. The summed E-state index contributed by atoms with van der Waals surface area (Å²) in [6.07, 6.45) is 3.41. The normalized spacial score (nSPS) is 18.7. The summed E-state index contributed by atoms with van der Waals surface area (Å²) in [6, 6.07) is 8.22. The molecule has 0 unspecified atom stereocenters. The highest BCUT2D eigenvalue weighted by molar-refractivity contribution is 5.96. The van der Waals surface area contributed by atoms with Gasteiger partial charge in [0.15, 0.2) is 5.82 Å². The van der Waals surface area contributed by atoms with E-state index < -0.39 is 29.9 Å². The van der Waals surface area contributed by atoms with E-state index in [2.05, 4.69) is 15.3 Å². The lowest BCUT2D eigenvalue weighted by Crippen LogP contribution is -2.56. The van der Waals surface area contributed by atoms with Gasteiger partial charge >= 0.3 is 12.1 Å². The summed E-state index contributed by atoms with van der Waals surface area (Å²) in [4.78, 5) is 62.3. The number of carbonyl (C=O) groups is 4. The standard InChI is InChI=1S/C30H39N5O7/c1-3-4-17-42-30(40)35-15-13-34(14-16-35)29(39)25(9-10-26(36)37)33-28(38)24-11-12-31-27(32-24)22-8-6-5-7-21(22)23-18-20(23)19-41-2/h5-8,11-12,20,23,25H,3-4,9-10,13-19H2,1-2H3,(H,33,38)(H,36,37)/t20-,23+,25+/m1/s1. The van der Waals surface area contributed by atoms with Crippen LogP contribution < -0.4 is 5.32 Å². The number of aromatic nitrogens is 2. The fourth-order valence-electron chi connectivity index (χ4n) is 5.15. The molecule has 3 amide bonds. The summed E-state index contributed by atoms with van der Waals surface area (Å²) in [7, 11) is 1.69. The van der Waals surface area contributed by atoms with Crippen molar-refractivity contribution < 1.29 is 33.8 Å². The Bertz CT molecular complexity index is 1260. The third kappa shape index (κ3) is 8.03. The fourth-order valence-corrected chi connectivity index (χ4v) is 5.15. The van der Waals surface area contributed by atoms with Crippen LogP contribution in [-0.2, 0) is 19.1 Å². The number of rotatable bonds is 13. The molecule has 1 saturated heterocycles. The Labute approximate surface area is 245 Å². The van der Waals surface area contributed by atoms with Crippen LogP contribution in [0.15, 0.2) is 36.5 Å². The molecule has 2 heterocycles. The predicted octanol–water partition coefficient (Wildman–Crippen LogP) is 2.94. The molecule has 12 heteroatoms. The molecule has 12 nitrogen and oxygen atoms in total. The monoisotopic (exact) mass is 581 g/mol. The molecule has 1 aliphatic heterocycles. The van der Waals surface area contributed by atoms with Gasteiger partial charge in [-0.1, -0.05) is 37.6 Å². The van der Waals surface area contributed by atoms with Gasteiger partial charge in [0.2, 0.25) is 5.91 Å². The van der Waals surface area contributed by atoms with E-state index in [-0.39, 0.29) is 44.7 Å². The van der Waals surface area contributed by atoms with E-state index in [1.54, 1.807) is 12.0 Å². The number of hydrogen-bond acceptors (Lipinski definition) is 8. The van der Waals surface area contributed by atoms with Crippen molar-refractivity contribution in [3.05, 3.63) is 47.8 Å². The number of piperazine rings is 1. The zero-order valence-electron chi connectivity index (χ0n) is 24.2. The highest BCUT2D eigenvalue weighted by atomic mass is 16.6. The quantitative estimate of drug-likeness (QED) is 0.340. The predicted molar refractivity (Wildman–Crippen MR) is 153 cm³/mol. The van der Waals surface area contributed by atoms with Crippen molar-refractivity contribution in [2.24, 2.45) is 5.92 Å². The molecule has 1 aromatic carbocycles. The van der Waals surface area contributed by atoms with E-state index in [1.165, 1.54) is 17.2 Å². The van der Waals surface area contributed by atoms with Crippen molar-refractivity contribution in [1.29, 1.82) is 0 Å². The number of methoxy groups -OCH3 is 1. The van der Waals surface area contributed by atoms with Crippen LogP contribution >= 0.6 is 0 Å². The van der Waals surface area contributed by atoms with Crippen molar-refractivity contribution >= 4 is 23.9 Å². The Morgan fingerprint density at radius 2 is 1.83 bits per heavy atom. The van der Waals surface area contributed by atoms with Crippen molar-refractivity contribution in [1.82, 2.24) is 25.1 Å². The molecule has 1 aromatic heterocycles. The van der Waals surface area contributed by atoms with Crippen LogP contribution in [0.5, 0.6) is 0 Å². The van der Waals surface area contributed by atoms with E-state index in [1.807, 2.05) is 31.2 Å². The van der Waals surface area contributed by atoms with Crippen LogP contribution in [0, 0.1) is 5.92 Å². The molecule has 0 spiro atoms. The fraction of sp³-hybridized carbons (Fsp3) is 0.533. The van der Waals surface area contributed by atoms with E-state index in [0.29, 0.717) is 30.9 Å². The second kappa shape index (κ2) is 14.7. The summed E-state index contributed by atoms with van der Waals surface area (Å²) in [5.41, 5.74) is 2.01. The molecule has 2 aliphatic rings. The first-order valence-electron chi connectivity index (χ1n) is 14.5. The van der Waals surface area contributed by atoms with Gasteiger partial charge in [-0.15, -0.1) is 0 Å². The number of benzene rings is 1. The van der Waals surface area contributed by atoms with Gasteiger partial charge < -0.3 is 29.7 Å². The SMILES string of the molecule is CCCCOC(=O)N1CCN(C(=O)[C@H](CCC(=O)O)NC(=O)c2ccnc(-c3ccccc3[C@H]3C[C@@H]3COC)n2)CC1. The van der Waals surface area contributed by atoms with Gasteiger partial charge in [0.1, 0.15) is 11.7 Å². The smallest absolute Gasteiger partial charge is 0.409 e. The molecular weight excluding hydrogens is 542 g/mol. The van der Waals surface area contributed by atoms with E-state index in [4.69, 9.17) is 9.47 Å². The number of carboxylic acid groups (broad SMARTS) is 1. The summed E-state index contributed by atoms with van der Waals surface area (Å²) >= 11 is 0. The van der Waals surface area contributed by atoms with Crippen LogP contribution in [0.2, 0.25) is 0 Å². The van der Waals surface area contributed by atoms with Gasteiger partial charge in [0, 0.05) is 58.1 Å². The topological polar surface area (TPSA) is 151 Å². The lowest BCUT2D eigenvalue weighted by Gasteiger charge is -2.36. The number of carboxylic acids is 1. The molecule has 0 radical (unpaired) electrons. The summed E-state index contributed by atoms with van der Waals surface area (Å²) < 4.78 is 10.6. The Balaban J connectivity index is 1.43. The lowest BCUT2D eigenvalue weighted by molar-refractivity contribution is -0.138. The van der Waals surface area contributed by atoms with Crippen LogP contribution in [0.3, 0.4) is 0 Å². The highest BCUT2D eigenvalue weighted by Gasteiger charge is 2.39. The molecule has 2 fully saturated rings. The van der Waals surface area contributed by atoms with Gasteiger partial charge in [0.05, 0.1) is 6.61 Å². The third-order valence-corrected chi connectivity index (χ3v) is 7.62. The molecule has 3 atom stereocenters. The minimum Gasteiger partial charge on any atom is -0.481 e. The molecule has 42 heavy (non-hydrogen) atoms. The second-order valence-corrected chi connectivity index (χ2v) is 10.6. The number of unbranched alkanes of at least 4 members (excludes halogenated alkanes) is 1.